The number of Topliss-reactive ketones (excluding diaryl/α,β-unsaturated/α-hetero) is 1. The Hall–Kier alpha value is -3.58. The zero-order valence-electron chi connectivity index (χ0n) is 20.4. The van der Waals surface area contributed by atoms with Gasteiger partial charge in [0.15, 0.2) is 17.3 Å². The number of ketones is 1. The number of carbonyl (C=O) groups is 2. The van der Waals surface area contributed by atoms with Gasteiger partial charge in [-0.15, -0.1) is 11.3 Å². The van der Waals surface area contributed by atoms with Gasteiger partial charge in [-0.25, -0.2) is 0 Å². The first-order chi connectivity index (χ1) is 16.9. The lowest BCUT2D eigenvalue weighted by atomic mass is 9.89. The van der Waals surface area contributed by atoms with Gasteiger partial charge < -0.3 is 19.8 Å². The Balaban J connectivity index is 1.55. The van der Waals surface area contributed by atoms with Gasteiger partial charge in [-0.2, -0.15) is 0 Å². The Morgan fingerprint density at radius 3 is 2.51 bits per heavy atom. The molecule has 1 atom stereocenters. The summed E-state index contributed by atoms with van der Waals surface area (Å²) in [4.78, 5) is 30.8. The SMILES string of the molecule is COc1cccc(C(CNC(=O)CCC(=O)c2cc(C)sc2C)c2c[nH]c3ccccc23)c1OC. The van der Waals surface area contributed by atoms with Crippen LogP contribution in [-0.2, 0) is 4.79 Å². The second-order valence-corrected chi connectivity index (χ2v) is 9.94. The zero-order valence-corrected chi connectivity index (χ0v) is 21.3. The number of aromatic nitrogens is 1. The number of nitrogens with one attached hydrogen (secondary N) is 2. The molecule has 7 heteroatoms. The monoisotopic (exact) mass is 490 g/mol. The van der Waals surface area contributed by atoms with Crippen LogP contribution in [-0.4, -0.2) is 37.4 Å². The van der Waals surface area contributed by atoms with E-state index in [1.54, 1.807) is 25.6 Å². The largest absolute Gasteiger partial charge is 0.493 e. The van der Waals surface area contributed by atoms with Crippen LogP contribution in [0, 0.1) is 13.8 Å². The molecule has 182 valence electrons. The number of benzene rings is 2. The molecule has 2 aromatic heterocycles. The fourth-order valence-corrected chi connectivity index (χ4v) is 5.47. The first kappa shape index (κ1) is 24.5. The van der Waals surface area contributed by atoms with E-state index in [0.717, 1.165) is 37.3 Å². The number of H-pyrrole nitrogens is 1. The van der Waals surface area contributed by atoms with Gasteiger partial charge in [0.25, 0.3) is 0 Å². The van der Waals surface area contributed by atoms with E-state index < -0.39 is 0 Å². The van der Waals surface area contributed by atoms with Gasteiger partial charge >= 0.3 is 0 Å². The Morgan fingerprint density at radius 2 is 1.80 bits per heavy atom. The minimum Gasteiger partial charge on any atom is -0.493 e. The first-order valence-electron chi connectivity index (χ1n) is 11.6. The van der Waals surface area contributed by atoms with Crippen molar-refractivity contribution in [1.29, 1.82) is 0 Å². The molecule has 0 radical (unpaired) electrons. The number of aryl methyl sites for hydroxylation is 2. The van der Waals surface area contributed by atoms with Crippen LogP contribution in [0.15, 0.2) is 54.7 Å². The topological polar surface area (TPSA) is 80.4 Å². The summed E-state index contributed by atoms with van der Waals surface area (Å²) < 4.78 is 11.2. The molecule has 2 heterocycles. The fourth-order valence-electron chi connectivity index (χ4n) is 4.53. The summed E-state index contributed by atoms with van der Waals surface area (Å²) in [5, 5.41) is 4.13. The predicted molar refractivity (Wildman–Crippen MR) is 140 cm³/mol. The molecule has 0 bridgehead atoms. The number of thiophene rings is 1. The van der Waals surface area contributed by atoms with Crippen molar-refractivity contribution < 1.29 is 19.1 Å². The normalized spacial score (nSPS) is 11.9. The summed E-state index contributed by atoms with van der Waals surface area (Å²) in [6.45, 7) is 4.28. The zero-order chi connectivity index (χ0) is 24.9. The van der Waals surface area contributed by atoms with E-state index in [-0.39, 0.29) is 30.4 Å². The van der Waals surface area contributed by atoms with Crippen molar-refractivity contribution in [3.8, 4) is 11.5 Å². The van der Waals surface area contributed by atoms with Gasteiger partial charge in [0.05, 0.1) is 14.2 Å². The molecule has 0 aliphatic heterocycles. The van der Waals surface area contributed by atoms with Gasteiger partial charge in [0.2, 0.25) is 5.91 Å². The van der Waals surface area contributed by atoms with Crippen LogP contribution in [0.25, 0.3) is 10.9 Å². The summed E-state index contributed by atoms with van der Waals surface area (Å²) in [6, 6.07) is 15.7. The minimum atomic E-state index is -0.183. The molecule has 0 saturated heterocycles. The first-order valence-corrected chi connectivity index (χ1v) is 12.4. The Bertz CT molecular complexity index is 1350. The molecule has 0 saturated carbocycles. The molecule has 0 spiro atoms. The maximum absolute atomic E-state index is 12.8. The number of amides is 1. The summed E-state index contributed by atoms with van der Waals surface area (Å²) >= 11 is 1.60. The number of fused-ring (bicyclic) bond motifs is 1. The minimum absolute atomic E-state index is 0.00430. The van der Waals surface area contributed by atoms with Crippen LogP contribution in [0.2, 0.25) is 0 Å². The maximum Gasteiger partial charge on any atom is 0.220 e. The van der Waals surface area contributed by atoms with Crippen LogP contribution in [0.5, 0.6) is 11.5 Å². The highest BCUT2D eigenvalue weighted by Gasteiger charge is 2.24. The van der Waals surface area contributed by atoms with Gasteiger partial charge in [-0.1, -0.05) is 30.3 Å². The fraction of sp³-hybridized carbons (Fsp3) is 0.286. The van der Waals surface area contributed by atoms with Gasteiger partial charge in [-0.05, 0) is 37.6 Å². The number of hydrogen-bond acceptors (Lipinski definition) is 5. The van der Waals surface area contributed by atoms with Gasteiger partial charge in [0, 0.05) is 63.3 Å². The molecule has 1 amide bonds. The van der Waals surface area contributed by atoms with Crippen LogP contribution in [0.1, 0.15) is 50.0 Å². The third-order valence-corrected chi connectivity index (χ3v) is 7.20. The van der Waals surface area contributed by atoms with Crippen molar-refractivity contribution in [2.45, 2.75) is 32.6 Å². The van der Waals surface area contributed by atoms with E-state index in [4.69, 9.17) is 9.47 Å². The predicted octanol–water partition coefficient (Wildman–Crippen LogP) is 5.77. The average molecular weight is 491 g/mol. The summed E-state index contributed by atoms with van der Waals surface area (Å²) in [7, 11) is 3.23. The Kier molecular flexibility index (Phi) is 7.56. The lowest BCUT2D eigenvalue weighted by Gasteiger charge is -2.22. The van der Waals surface area contributed by atoms with Crippen molar-refractivity contribution in [2.75, 3.05) is 20.8 Å². The number of aromatic amines is 1. The smallest absolute Gasteiger partial charge is 0.220 e. The molecule has 0 fully saturated rings. The molecule has 2 N–H and O–H groups in total. The van der Waals surface area contributed by atoms with Crippen molar-refractivity contribution in [3.63, 3.8) is 0 Å². The molecule has 1 unspecified atom stereocenters. The number of carbonyl (C=O) groups excluding carboxylic acids is 2. The second-order valence-electron chi connectivity index (χ2n) is 8.48. The molecule has 35 heavy (non-hydrogen) atoms. The van der Waals surface area contributed by atoms with E-state index in [0.29, 0.717) is 18.0 Å². The third kappa shape index (κ3) is 5.25. The molecular formula is C28H30N2O4S. The van der Waals surface area contributed by atoms with E-state index in [2.05, 4.69) is 16.4 Å². The van der Waals surface area contributed by atoms with E-state index >= 15 is 0 Å². The number of hydrogen-bond donors (Lipinski definition) is 2. The molecule has 4 aromatic rings. The van der Waals surface area contributed by atoms with E-state index in [1.807, 2.05) is 62.5 Å². The third-order valence-electron chi connectivity index (χ3n) is 6.23. The molecule has 0 aliphatic rings. The highest BCUT2D eigenvalue weighted by molar-refractivity contribution is 7.12. The summed E-state index contributed by atoms with van der Waals surface area (Å²) in [5.74, 6) is 0.933. The molecule has 6 nitrogen and oxygen atoms in total. The average Bonchev–Trinajstić information content (AvgIpc) is 3.44. The van der Waals surface area contributed by atoms with Crippen molar-refractivity contribution in [1.82, 2.24) is 10.3 Å². The van der Waals surface area contributed by atoms with Crippen molar-refractivity contribution in [2.24, 2.45) is 0 Å². The standard InChI is InChI=1S/C28H30N2O4S/c1-17-14-21(18(2)35-17)25(31)12-13-27(32)30-16-23(20-9-7-11-26(33-3)28(20)34-4)22-15-29-24-10-6-5-8-19(22)24/h5-11,14-15,23,29H,12-13,16H2,1-4H3,(H,30,32). The highest BCUT2D eigenvalue weighted by atomic mass is 32.1. The second kappa shape index (κ2) is 10.8. The Labute approximate surface area is 209 Å². The Morgan fingerprint density at radius 1 is 1.00 bits per heavy atom. The number of methoxy groups -OCH3 is 2. The molecule has 4 rings (SSSR count). The highest BCUT2D eigenvalue weighted by Crippen LogP contribution is 2.40. The maximum atomic E-state index is 12.8. The van der Waals surface area contributed by atoms with E-state index in [9.17, 15) is 9.59 Å². The molecule has 2 aromatic carbocycles. The van der Waals surface area contributed by atoms with Crippen LogP contribution >= 0.6 is 11.3 Å². The summed E-state index contributed by atoms with van der Waals surface area (Å²) in [6.07, 6.45) is 2.30. The van der Waals surface area contributed by atoms with Gasteiger partial charge in [-0.3, -0.25) is 9.59 Å². The lowest BCUT2D eigenvalue weighted by Crippen LogP contribution is -2.29. The van der Waals surface area contributed by atoms with Crippen LogP contribution in [0.3, 0.4) is 0 Å². The van der Waals surface area contributed by atoms with Crippen molar-refractivity contribution in [3.05, 3.63) is 81.2 Å². The van der Waals surface area contributed by atoms with Crippen LogP contribution in [0.4, 0.5) is 0 Å². The number of ether oxygens (including phenoxy) is 2. The lowest BCUT2D eigenvalue weighted by molar-refractivity contribution is -0.121. The number of rotatable bonds is 10. The van der Waals surface area contributed by atoms with E-state index in [1.165, 1.54) is 0 Å². The molecule has 0 aliphatic carbocycles. The van der Waals surface area contributed by atoms with Crippen LogP contribution < -0.4 is 14.8 Å². The summed E-state index contributed by atoms with van der Waals surface area (Å²) in [5.41, 5.74) is 3.70. The molecular weight excluding hydrogens is 460 g/mol. The van der Waals surface area contributed by atoms with Crippen molar-refractivity contribution >= 4 is 33.9 Å². The quantitative estimate of drug-likeness (QED) is 0.276. The number of para-hydroxylation sites is 2. The van der Waals surface area contributed by atoms with Gasteiger partial charge in [0.1, 0.15) is 0 Å².